The highest BCUT2D eigenvalue weighted by Crippen LogP contribution is 2.20. The molecule has 96 valence electrons. The number of aromatic nitrogens is 1. The Balaban J connectivity index is 2.22. The average molecular weight is 264 g/mol. The molecule has 0 unspecified atom stereocenters. The number of rotatable bonds is 4. The summed E-state index contributed by atoms with van der Waals surface area (Å²) >= 11 is 0. The number of sulfonamides is 1. The van der Waals surface area contributed by atoms with Crippen molar-refractivity contribution < 1.29 is 8.42 Å². The van der Waals surface area contributed by atoms with E-state index < -0.39 is 10.0 Å². The molecule has 0 spiro atoms. The molecule has 1 N–H and O–H groups in total. The summed E-state index contributed by atoms with van der Waals surface area (Å²) in [6, 6.07) is 11.7. The smallest absolute Gasteiger partial charge is 0.217 e. The number of nitrogens with one attached hydrogen (secondary N) is 1. The molecule has 0 aliphatic rings. The SMILES string of the molecule is CN(C)S(=O)(=O)Cc1c[nH]c(-c2ccccc2)c1. The van der Waals surface area contributed by atoms with Crippen LogP contribution in [0, 0.1) is 0 Å². The summed E-state index contributed by atoms with van der Waals surface area (Å²) in [5, 5.41) is 0. The maximum absolute atomic E-state index is 11.8. The second-order valence-electron chi connectivity index (χ2n) is 4.33. The summed E-state index contributed by atoms with van der Waals surface area (Å²) in [4.78, 5) is 3.10. The minimum atomic E-state index is -3.21. The summed E-state index contributed by atoms with van der Waals surface area (Å²) in [7, 11) is -0.123. The standard InChI is InChI=1S/C13H16N2O2S/c1-15(2)18(16,17)10-11-8-13(14-9-11)12-6-4-3-5-7-12/h3-9,14H,10H2,1-2H3. The lowest BCUT2D eigenvalue weighted by molar-refractivity contribution is 0.520. The van der Waals surface area contributed by atoms with Crippen LogP contribution in [0.4, 0.5) is 0 Å². The molecule has 18 heavy (non-hydrogen) atoms. The van der Waals surface area contributed by atoms with Crippen LogP contribution in [0.3, 0.4) is 0 Å². The number of benzene rings is 1. The zero-order chi connectivity index (χ0) is 13.2. The van der Waals surface area contributed by atoms with Crippen molar-refractivity contribution in [2.24, 2.45) is 0 Å². The van der Waals surface area contributed by atoms with E-state index in [1.807, 2.05) is 36.4 Å². The minimum Gasteiger partial charge on any atom is -0.361 e. The molecule has 0 amide bonds. The molecule has 0 fully saturated rings. The third-order valence-electron chi connectivity index (χ3n) is 2.73. The molecule has 0 aliphatic carbocycles. The van der Waals surface area contributed by atoms with Crippen LogP contribution in [0.15, 0.2) is 42.6 Å². The summed E-state index contributed by atoms with van der Waals surface area (Å²) in [6.07, 6.45) is 1.74. The van der Waals surface area contributed by atoms with E-state index >= 15 is 0 Å². The van der Waals surface area contributed by atoms with E-state index in [1.165, 1.54) is 4.31 Å². The van der Waals surface area contributed by atoms with Gasteiger partial charge in [-0.2, -0.15) is 0 Å². The molecule has 0 saturated carbocycles. The zero-order valence-corrected chi connectivity index (χ0v) is 11.2. The van der Waals surface area contributed by atoms with Crippen molar-refractivity contribution >= 4 is 10.0 Å². The van der Waals surface area contributed by atoms with Crippen molar-refractivity contribution in [3.63, 3.8) is 0 Å². The lowest BCUT2D eigenvalue weighted by atomic mass is 10.1. The van der Waals surface area contributed by atoms with Crippen LogP contribution < -0.4 is 0 Å². The Hall–Kier alpha value is -1.59. The molecule has 1 aromatic carbocycles. The monoisotopic (exact) mass is 264 g/mol. The normalized spacial score (nSPS) is 11.9. The predicted molar refractivity (Wildman–Crippen MR) is 72.5 cm³/mol. The van der Waals surface area contributed by atoms with Gasteiger partial charge in [0.2, 0.25) is 10.0 Å². The Morgan fingerprint density at radius 3 is 2.44 bits per heavy atom. The predicted octanol–water partition coefficient (Wildman–Crippen LogP) is 2.07. The van der Waals surface area contributed by atoms with Crippen molar-refractivity contribution in [2.75, 3.05) is 14.1 Å². The molecule has 4 nitrogen and oxygen atoms in total. The van der Waals surface area contributed by atoms with Gasteiger partial charge >= 0.3 is 0 Å². The lowest BCUT2D eigenvalue weighted by Gasteiger charge is -2.09. The Labute approximate surface area is 107 Å². The van der Waals surface area contributed by atoms with Crippen molar-refractivity contribution in [3.8, 4) is 11.3 Å². The van der Waals surface area contributed by atoms with Crippen LogP contribution >= 0.6 is 0 Å². The largest absolute Gasteiger partial charge is 0.361 e. The molecule has 2 aromatic rings. The van der Waals surface area contributed by atoms with Crippen LogP contribution in [-0.2, 0) is 15.8 Å². The molecule has 0 bridgehead atoms. The maximum atomic E-state index is 11.8. The van der Waals surface area contributed by atoms with E-state index in [-0.39, 0.29) is 5.75 Å². The van der Waals surface area contributed by atoms with E-state index in [4.69, 9.17) is 0 Å². The number of nitrogens with zero attached hydrogens (tertiary/aromatic N) is 1. The summed E-state index contributed by atoms with van der Waals surface area (Å²) < 4.78 is 24.8. The van der Waals surface area contributed by atoms with Crippen molar-refractivity contribution in [3.05, 3.63) is 48.2 Å². The van der Waals surface area contributed by atoms with Crippen LogP contribution in [0.5, 0.6) is 0 Å². The summed E-state index contributed by atoms with van der Waals surface area (Å²) in [6.45, 7) is 0. The van der Waals surface area contributed by atoms with E-state index in [0.717, 1.165) is 16.8 Å². The summed E-state index contributed by atoms with van der Waals surface area (Å²) in [5.41, 5.74) is 2.74. The Kier molecular flexibility index (Phi) is 3.54. The molecule has 0 atom stereocenters. The molecule has 1 aromatic heterocycles. The quantitative estimate of drug-likeness (QED) is 0.919. The third-order valence-corrected chi connectivity index (χ3v) is 4.54. The first-order valence-corrected chi connectivity index (χ1v) is 7.23. The van der Waals surface area contributed by atoms with Gasteiger partial charge in [0.05, 0.1) is 5.75 Å². The van der Waals surface area contributed by atoms with Crippen molar-refractivity contribution in [1.82, 2.24) is 9.29 Å². The van der Waals surface area contributed by atoms with E-state index in [9.17, 15) is 8.42 Å². The number of hydrogen-bond acceptors (Lipinski definition) is 2. The van der Waals surface area contributed by atoms with Gasteiger partial charge in [-0.05, 0) is 17.2 Å². The second-order valence-corrected chi connectivity index (χ2v) is 6.51. The van der Waals surface area contributed by atoms with Gasteiger partial charge in [-0.15, -0.1) is 0 Å². The zero-order valence-electron chi connectivity index (χ0n) is 10.4. The van der Waals surface area contributed by atoms with Crippen LogP contribution in [-0.4, -0.2) is 31.8 Å². The first-order chi connectivity index (χ1) is 8.49. The summed E-state index contributed by atoms with van der Waals surface area (Å²) in [5.74, 6) is 0.0172. The molecule has 0 aliphatic heterocycles. The van der Waals surface area contributed by atoms with Gasteiger partial charge in [0, 0.05) is 26.0 Å². The Morgan fingerprint density at radius 2 is 1.83 bits per heavy atom. The lowest BCUT2D eigenvalue weighted by Crippen LogP contribution is -2.23. The molecule has 1 heterocycles. The molecular weight excluding hydrogens is 248 g/mol. The molecule has 2 rings (SSSR count). The van der Waals surface area contributed by atoms with Gasteiger partial charge < -0.3 is 4.98 Å². The first-order valence-electron chi connectivity index (χ1n) is 5.62. The van der Waals surface area contributed by atoms with E-state index in [2.05, 4.69) is 4.98 Å². The third kappa shape index (κ3) is 2.80. The van der Waals surface area contributed by atoms with Crippen LogP contribution in [0.1, 0.15) is 5.56 Å². The maximum Gasteiger partial charge on any atom is 0.217 e. The molecular formula is C13H16N2O2S. The average Bonchev–Trinajstić information content (AvgIpc) is 2.78. The highest BCUT2D eigenvalue weighted by molar-refractivity contribution is 7.88. The number of hydrogen-bond donors (Lipinski definition) is 1. The highest BCUT2D eigenvalue weighted by Gasteiger charge is 2.15. The van der Waals surface area contributed by atoms with E-state index in [1.54, 1.807) is 20.3 Å². The van der Waals surface area contributed by atoms with Crippen molar-refractivity contribution in [2.45, 2.75) is 5.75 Å². The topological polar surface area (TPSA) is 53.2 Å². The van der Waals surface area contributed by atoms with Gasteiger partial charge in [-0.1, -0.05) is 30.3 Å². The van der Waals surface area contributed by atoms with Crippen LogP contribution in [0.2, 0.25) is 0 Å². The number of aromatic amines is 1. The van der Waals surface area contributed by atoms with Crippen LogP contribution in [0.25, 0.3) is 11.3 Å². The molecule has 0 saturated heterocycles. The first kappa shape index (κ1) is 12.9. The molecule has 5 heteroatoms. The number of H-pyrrole nitrogens is 1. The second kappa shape index (κ2) is 4.96. The van der Waals surface area contributed by atoms with Gasteiger partial charge in [0.15, 0.2) is 0 Å². The Bertz CT molecular complexity index is 615. The van der Waals surface area contributed by atoms with Gasteiger partial charge in [-0.3, -0.25) is 0 Å². The highest BCUT2D eigenvalue weighted by atomic mass is 32.2. The van der Waals surface area contributed by atoms with Crippen molar-refractivity contribution in [1.29, 1.82) is 0 Å². The fourth-order valence-corrected chi connectivity index (χ4v) is 2.49. The Morgan fingerprint density at radius 1 is 1.17 bits per heavy atom. The van der Waals surface area contributed by atoms with Gasteiger partial charge in [-0.25, -0.2) is 12.7 Å². The minimum absolute atomic E-state index is 0.0172. The molecule has 0 radical (unpaired) electrons. The fraction of sp³-hybridized carbons (Fsp3) is 0.231. The van der Waals surface area contributed by atoms with Gasteiger partial charge in [0.25, 0.3) is 0 Å². The van der Waals surface area contributed by atoms with Gasteiger partial charge in [0.1, 0.15) is 0 Å². The van der Waals surface area contributed by atoms with E-state index in [0.29, 0.717) is 0 Å². The fourth-order valence-electron chi connectivity index (χ4n) is 1.65.